The number of hydrazone groups is 1. The van der Waals surface area contributed by atoms with E-state index in [1.165, 1.54) is 28.4 Å². The Morgan fingerprint density at radius 3 is 2.21 bits per heavy atom. The number of para-hydroxylation sites is 1. The third-order valence-corrected chi connectivity index (χ3v) is 8.99. The summed E-state index contributed by atoms with van der Waals surface area (Å²) in [6.45, 7) is 3.54. The number of esters is 1. The van der Waals surface area contributed by atoms with Gasteiger partial charge in [0, 0.05) is 25.7 Å². The van der Waals surface area contributed by atoms with Gasteiger partial charge in [-0.2, -0.15) is 14.4 Å². The zero-order valence-electron chi connectivity index (χ0n) is 23.2. The summed E-state index contributed by atoms with van der Waals surface area (Å²) in [6.07, 6.45) is 2.43. The number of hydrogen-bond donors (Lipinski definition) is 1. The molecule has 3 aromatic carbocycles. The van der Waals surface area contributed by atoms with Gasteiger partial charge in [0.25, 0.3) is 5.91 Å². The van der Waals surface area contributed by atoms with E-state index in [9.17, 15) is 22.8 Å². The van der Waals surface area contributed by atoms with Gasteiger partial charge in [0.2, 0.25) is 15.9 Å². The molecular formula is C31H30N4O6S. The van der Waals surface area contributed by atoms with Crippen LogP contribution in [0.3, 0.4) is 0 Å². The van der Waals surface area contributed by atoms with Gasteiger partial charge in [-0.05, 0) is 79.9 Å². The molecule has 11 heteroatoms. The number of carbonyl (C=O) groups excluding carboxylic acids is 3. The molecule has 2 heterocycles. The van der Waals surface area contributed by atoms with E-state index in [1.54, 1.807) is 49.4 Å². The first-order valence-corrected chi connectivity index (χ1v) is 14.9. The van der Waals surface area contributed by atoms with Crippen molar-refractivity contribution in [3.63, 3.8) is 0 Å². The first-order chi connectivity index (χ1) is 20.1. The lowest BCUT2D eigenvalue weighted by atomic mass is 9.98. The molecule has 2 aliphatic rings. The molecule has 0 aliphatic carbocycles. The molecule has 0 bridgehead atoms. The number of nitrogens with one attached hydrogen (secondary N) is 1. The highest BCUT2D eigenvalue weighted by Crippen LogP contribution is 2.28. The Balaban J connectivity index is 1.16. The fourth-order valence-corrected chi connectivity index (χ4v) is 6.29. The summed E-state index contributed by atoms with van der Waals surface area (Å²) in [4.78, 5) is 37.1. The molecule has 1 N–H and O–H groups in total. The molecule has 2 amide bonds. The van der Waals surface area contributed by atoms with E-state index >= 15 is 0 Å². The van der Waals surface area contributed by atoms with Crippen molar-refractivity contribution >= 4 is 51.0 Å². The Morgan fingerprint density at radius 2 is 1.60 bits per heavy atom. The zero-order chi connectivity index (χ0) is 29.9. The molecule has 0 unspecified atom stereocenters. The van der Waals surface area contributed by atoms with Crippen LogP contribution in [-0.4, -0.2) is 49.3 Å². The standard InChI is InChI=1S/C31H30N4O6S/c1-21-29(30(37)35(33-21)26-6-4-3-5-7-26)20-23-8-12-27(13-9-23)41-31(38)24-16-18-34(19-17-24)42(39,40)28-14-10-25(11-15-28)32-22(2)36/h3-15,20,24H,16-19H2,1-2H3,(H,32,36). The fraction of sp³-hybridized carbons (Fsp3) is 0.226. The summed E-state index contributed by atoms with van der Waals surface area (Å²) in [7, 11) is -3.73. The van der Waals surface area contributed by atoms with Crippen molar-refractivity contribution in [3.05, 3.63) is 90.0 Å². The van der Waals surface area contributed by atoms with Crippen molar-refractivity contribution in [2.75, 3.05) is 23.4 Å². The zero-order valence-corrected chi connectivity index (χ0v) is 24.0. The lowest BCUT2D eigenvalue weighted by molar-refractivity contribution is -0.140. The van der Waals surface area contributed by atoms with Crippen molar-refractivity contribution in [3.8, 4) is 5.75 Å². The first-order valence-electron chi connectivity index (χ1n) is 13.5. The Morgan fingerprint density at radius 1 is 0.952 bits per heavy atom. The number of amides is 2. The largest absolute Gasteiger partial charge is 0.426 e. The van der Waals surface area contributed by atoms with Gasteiger partial charge >= 0.3 is 5.97 Å². The lowest BCUT2D eigenvalue weighted by Crippen LogP contribution is -2.41. The van der Waals surface area contributed by atoms with Crippen molar-refractivity contribution in [2.24, 2.45) is 11.0 Å². The van der Waals surface area contributed by atoms with Crippen LogP contribution in [0.1, 0.15) is 32.3 Å². The minimum Gasteiger partial charge on any atom is -0.426 e. The van der Waals surface area contributed by atoms with E-state index < -0.39 is 21.9 Å². The molecule has 1 fully saturated rings. The van der Waals surface area contributed by atoms with E-state index in [1.807, 2.05) is 30.3 Å². The van der Waals surface area contributed by atoms with Crippen LogP contribution in [0.15, 0.2) is 94.4 Å². The third kappa shape index (κ3) is 6.32. The van der Waals surface area contributed by atoms with Gasteiger partial charge in [-0.25, -0.2) is 8.42 Å². The van der Waals surface area contributed by atoms with Gasteiger partial charge < -0.3 is 10.1 Å². The average Bonchev–Trinajstić information content (AvgIpc) is 3.27. The van der Waals surface area contributed by atoms with Crippen molar-refractivity contribution in [1.82, 2.24) is 4.31 Å². The number of carbonyl (C=O) groups is 3. The van der Waals surface area contributed by atoms with Gasteiger partial charge in [-0.1, -0.05) is 30.3 Å². The minimum atomic E-state index is -3.73. The van der Waals surface area contributed by atoms with Gasteiger partial charge in [-0.3, -0.25) is 14.4 Å². The second-order valence-corrected chi connectivity index (χ2v) is 12.0. The van der Waals surface area contributed by atoms with Gasteiger partial charge in [-0.15, -0.1) is 0 Å². The van der Waals surface area contributed by atoms with Crippen LogP contribution in [0, 0.1) is 5.92 Å². The van der Waals surface area contributed by atoms with Crippen LogP contribution in [0.25, 0.3) is 6.08 Å². The van der Waals surface area contributed by atoms with Crippen molar-refractivity contribution in [2.45, 2.75) is 31.6 Å². The SMILES string of the molecule is CC(=O)Nc1ccc(S(=O)(=O)N2CCC(C(=O)Oc3ccc(C=C4C(=O)N(c5ccccc5)N=C4C)cc3)CC2)cc1. The highest BCUT2D eigenvalue weighted by molar-refractivity contribution is 7.89. The molecule has 2 aliphatic heterocycles. The second-order valence-electron chi connectivity index (χ2n) is 10.1. The molecular weight excluding hydrogens is 556 g/mol. The number of piperidine rings is 1. The topological polar surface area (TPSA) is 125 Å². The number of nitrogens with zero attached hydrogens (tertiary/aromatic N) is 3. The number of anilines is 2. The van der Waals surface area contributed by atoms with Crippen molar-refractivity contribution < 1.29 is 27.5 Å². The predicted molar refractivity (Wildman–Crippen MR) is 159 cm³/mol. The molecule has 0 radical (unpaired) electrons. The predicted octanol–water partition coefficient (Wildman–Crippen LogP) is 4.46. The molecule has 42 heavy (non-hydrogen) atoms. The number of hydrogen-bond acceptors (Lipinski definition) is 7. The van der Waals surface area contributed by atoms with E-state index in [2.05, 4.69) is 10.4 Å². The number of benzene rings is 3. The molecule has 10 nitrogen and oxygen atoms in total. The van der Waals surface area contributed by atoms with E-state index in [-0.39, 0.29) is 29.8 Å². The molecule has 1 saturated heterocycles. The van der Waals surface area contributed by atoms with E-state index in [4.69, 9.17) is 4.74 Å². The summed E-state index contributed by atoms with van der Waals surface area (Å²) in [5.74, 6) is -0.936. The molecule has 0 saturated carbocycles. The van der Waals surface area contributed by atoms with Crippen molar-refractivity contribution in [1.29, 1.82) is 0 Å². The molecule has 3 aromatic rings. The quantitative estimate of drug-likeness (QED) is 0.248. The summed E-state index contributed by atoms with van der Waals surface area (Å²) in [5.41, 5.74) is 3.04. The fourth-order valence-electron chi connectivity index (χ4n) is 4.82. The smallest absolute Gasteiger partial charge is 0.314 e. The maximum absolute atomic E-state index is 13.1. The maximum atomic E-state index is 13.1. The highest BCUT2D eigenvalue weighted by Gasteiger charge is 2.33. The minimum absolute atomic E-state index is 0.126. The highest BCUT2D eigenvalue weighted by atomic mass is 32.2. The van der Waals surface area contributed by atoms with Gasteiger partial charge in [0.15, 0.2) is 0 Å². The normalized spacial score (nSPS) is 17.3. The molecule has 0 aromatic heterocycles. The molecule has 216 valence electrons. The van der Waals surface area contributed by atoms with Crippen LogP contribution in [0.5, 0.6) is 5.75 Å². The third-order valence-electron chi connectivity index (χ3n) is 7.07. The average molecular weight is 587 g/mol. The number of rotatable bonds is 7. The van der Waals surface area contributed by atoms with Crippen LogP contribution in [0.4, 0.5) is 11.4 Å². The summed E-state index contributed by atoms with van der Waals surface area (Å²) >= 11 is 0. The molecule has 0 atom stereocenters. The Hall–Kier alpha value is -4.61. The summed E-state index contributed by atoms with van der Waals surface area (Å²) in [6, 6.07) is 22.0. The maximum Gasteiger partial charge on any atom is 0.314 e. The summed E-state index contributed by atoms with van der Waals surface area (Å²) in [5, 5.41) is 8.37. The van der Waals surface area contributed by atoms with Crippen LogP contribution in [0.2, 0.25) is 0 Å². The molecule has 0 spiro atoms. The van der Waals surface area contributed by atoms with E-state index in [0.717, 1.165) is 5.56 Å². The van der Waals surface area contributed by atoms with E-state index in [0.29, 0.717) is 41.3 Å². The Bertz CT molecular complexity index is 1660. The van der Waals surface area contributed by atoms with Gasteiger partial charge in [0.05, 0.1) is 27.8 Å². The number of sulfonamides is 1. The van der Waals surface area contributed by atoms with Crippen LogP contribution < -0.4 is 15.1 Å². The summed E-state index contributed by atoms with van der Waals surface area (Å²) < 4.78 is 33.1. The lowest BCUT2D eigenvalue weighted by Gasteiger charge is -2.30. The second kappa shape index (κ2) is 12.1. The number of ether oxygens (including phenoxy) is 1. The molecule has 5 rings (SSSR count). The first kappa shape index (κ1) is 28.9. The van der Waals surface area contributed by atoms with Crippen LogP contribution in [-0.2, 0) is 24.4 Å². The van der Waals surface area contributed by atoms with Gasteiger partial charge in [0.1, 0.15) is 5.75 Å². The van der Waals surface area contributed by atoms with Crippen LogP contribution >= 0.6 is 0 Å². The Labute approximate surface area is 244 Å². The monoisotopic (exact) mass is 586 g/mol. The Kier molecular flexibility index (Phi) is 8.32.